The Labute approximate surface area is 159 Å². The van der Waals surface area contributed by atoms with Crippen LogP contribution in [0.4, 0.5) is 0 Å². The molecule has 0 radical (unpaired) electrons. The Hall–Kier alpha value is -2.25. The lowest BCUT2D eigenvalue weighted by atomic mass is 10.0. The minimum atomic E-state index is -0.568. The van der Waals surface area contributed by atoms with E-state index < -0.39 is 12.1 Å². The van der Waals surface area contributed by atoms with Crippen LogP contribution in [-0.4, -0.2) is 64.8 Å². The lowest BCUT2D eigenvalue weighted by Gasteiger charge is -2.33. The standard InChI is InChI=1S/C20H27N3O4/c24-14-18-17(22-19(25)12-15-6-2-3-9-21-15)8-7-16(27-18)13-20(26)23-10-4-1-5-11-23/h2-3,6-9,16-18,24H,1,4-5,10-14H2,(H,22,25)/t16-,17+,18-/m0/s1. The van der Waals surface area contributed by atoms with Crippen molar-refractivity contribution in [2.45, 2.75) is 50.4 Å². The number of carbonyl (C=O) groups is 2. The van der Waals surface area contributed by atoms with E-state index >= 15 is 0 Å². The molecule has 7 heteroatoms. The number of aliphatic hydroxyl groups excluding tert-OH is 1. The molecule has 27 heavy (non-hydrogen) atoms. The lowest BCUT2D eigenvalue weighted by Crippen LogP contribution is -2.49. The van der Waals surface area contributed by atoms with Crippen LogP contribution in [-0.2, 0) is 20.7 Å². The molecule has 1 saturated heterocycles. The SMILES string of the molecule is O=C(Cc1ccccn1)N[C@@H]1C=C[C@@H](CC(=O)N2CCCCC2)O[C@H]1CO. The van der Waals surface area contributed by atoms with Crippen molar-refractivity contribution in [2.24, 2.45) is 0 Å². The van der Waals surface area contributed by atoms with Gasteiger partial charge in [-0.25, -0.2) is 0 Å². The number of hydrogen-bond donors (Lipinski definition) is 2. The van der Waals surface area contributed by atoms with Gasteiger partial charge in [-0.1, -0.05) is 18.2 Å². The third kappa shape index (κ3) is 5.61. The van der Waals surface area contributed by atoms with E-state index in [4.69, 9.17) is 4.74 Å². The molecule has 0 spiro atoms. The number of piperidine rings is 1. The van der Waals surface area contributed by atoms with Gasteiger partial charge in [0.05, 0.1) is 31.6 Å². The van der Waals surface area contributed by atoms with Crippen LogP contribution >= 0.6 is 0 Å². The Kier molecular flexibility index (Phi) is 6.95. The fourth-order valence-corrected chi connectivity index (χ4v) is 3.48. The first-order valence-corrected chi connectivity index (χ1v) is 9.57. The summed E-state index contributed by atoms with van der Waals surface area (Å²) in [6.45, 7) is 1.39. The smallest absolute Gasteiger partial charge is 0.226 e. The average Bonchev–Trinajstić information content (AvgIpc) is 2.70. The summed E-state index contributed by atoms with van der Waals surface area (Å²) in [4.78, 5) is 30.6. The molecular formula is C20H27N3O4. The van der Waals surface area contributed by atoms with Crippen LogP contribution in [0.1, 0.15) is 31.4 Å². The van der Waals surface area contributed by atoms with Crippen LogP contribution in [0.15, 0.2) is 36.5 Å². The number of ether oxygens (including phenoxy) is 1. The van der Waals surface area contributed by atoms with Crippen molar-refractivity contribution in [1.82, 2.24) is 15.2 Å². The topological polar surface area (TPSA) is 91.8 Å². The number of pyridine rings is 1. The minimum absolute atomic E-state index is 0.0821. The summed E-state index contributed by atoms with van der Waals surface area (Å²) in [5.74, 6) is -0.105. The van der Waals surface area contributed by atoms with E-state index in [9.17, 15) is 14.7 Å². The van der Waals surface area contributed by atoms with E-state index in [-0.39, 0.29) is 37.4 Å². The Morgan fingerprint density at radius 1 is 1.22 bits per heavy atom. The first kappa shape index (κ1) is 19.5. The molecule has 146 valence electrons. The summed E-state index contributed by atoms with van der Waals surface area (Å²) < 4.78 is 5.85. The highest BCUT2D eigenvalue weighted by Crippen LogP contribution is 2.18. The van der Waals surface area contributed by atoms with Gasteiger partial charge in [-0.2, -0.15) is 0 Å². The van der Waals surface area contributed by atoms with Crippen LogP contribution in [0, 0.1) is 0 Å². The second-order valence-corrected chi connectivity index (χ2v) is 7.02. The number of aromatic nitrogens is 1. The maximum absolute atomic E-state index is 12.4. The van der Waals surface area contributed by atoms with Gasteiger partial charge >= 0.3 is 0 Å². The summed E-state index contributed by atoms with van der Waals surface area (Å²) >= 11 is 0. The predicted molar refractivity (Wildman–Crippen MR) is 99.8 cm³/mol. The van der Waals surface area contributed by atoms with E-state index in [1.807, 2.05) is 17.0 Å². The van der Waals surface area contributed by atoms with Crippen molar-refractivity contribution in [1.29, 1.82) is 0 Å². The molecule has 3 heterocycles. The van der Waals surface area contributed by atoms with Gasteiger partial charge in [-0.15, -0.1) is 0 Å². The summed E-state index contributed by atoms with van der Waals surface area (Å²) in [6, 6.07) is 5.00. The van der Waals surface area contributed by atoms with Crippen molar-refractivity contribution >= 4 is 11.8 Å². The number of hydrogen-bond acceptors (Lipinski definition) is 5. The summed E-state index contributed by atoms with van der Waals surface area (Å²) in [5.41, 5.74) is 0.682. The van der Waals surface area contributed by atoms with Gasteiger partial charge < -0.3 is 20.1 Å². The molecular weight excluding hydrogens is 346 g/mol. The zero-order chi connectivity index (χ0) is 19.1. The van der Waals surface area contributed by atoms with Crippen LogP contribution in [0.5, 0.6) is 0 Å². The maximum atomic E-state index is 12.4. The van der Waals surface area contributed by atoms with E-state index in [0.29, 0.717) is 5.69 Å². The molecule has 3 atom stereocenters. The van der Waals surface area contributed by atoms with Crippen molar-refractivity contribution in [3.8, 4) is 0 Å². The molecule has 0 saturated carbocycles. The van der Waals surface area contributed by atoms with Crippen molar-refractivity contribution in [3.05, 3.63) is 42.2 Å². The lowest BCUT2D eigenvalue weighted by molar-refractivity contribution is -0.137. The number of carbonyl (C=O) groups excluding carboxylic acids is 2. The zero-order valence-electron chi connectivity index (χ0n) is 15.4. The molecule has 2 aliphatic rings. The fourth-order valence-electron chi connectivity index (χ4n) is 3.48. The number of likely N-dealkylation sites (tertiary alicyclic amines) is 1. The average molecular weight is 373 g/mol. The monoisotopic (exact) mass is 373 g/mol. The highest BCUT2D eigenvalue weighted by Gasteiger charge is 2.30. The third-order valence-electron chi connectivity index (χ3n) is 4.94. The third-order valence-corrected chi connectivity index (χ3v) is 4.94. The maximum Gasteiger partial charge on any atom is 0.226 e. The normalized spacial score (nSPS) is 25.2. The molecule has 1 aromatic rings. The Bertz CT molecular complexity index is 658. The number of rotatable bonds is 6. The molecule has 1 fully saturated rings. The molecule has 3 rings (SSSR count). The Balaban J connectivity index is 1.52. The van der Waals surface area contributed by atoms with E-state index in [2.05, 4.69) is 10.3 Å². The number of nitrogens with zero attached hydrogens (tertiary/aromatic N) is 2. The molecule has 0 bridgehead atoms. The minimum Gasteiger partial charge on any atom is -0.394 e. The van der Waals surface area contributed by atoms with Crippen molar-refractivity contribution in [3.63, 3.8) is 0 Å². The van der Waals surface area contributed by atoms with Crippen molar-refractivity contribution < 1.29 is 19.4 Å². The fraction of sp³-hybridized carbons (Fsp3) is 0.550. The molecule has 1 aromatic heterocycles. The Morgan fingerprint density at radius 3 is 2.74 bits per heavy atom. The van der Waals surface area contributed by atoms with Crippen LogP contribution in [0.2, 0.25) is 0 Å². The summed E-state index contributed by atoms with van der Waals surface area (Å²) in [7, 11) is 0. The first-order chi connectivity index (χ1) is 13.2. The second kappa shape index (κ2) is 9.62. The molecule has 2 aliphatic heterocycles. The second-order valence-electron chi connectivity index (χ2n) is 7.02. The van der Waals surface area contributed by atoms with Gasteiger partial charge in [-0.3, -0.25) is 14.6 Å². The highest BCUT2D eigenvalue weighted by atomic mass is 16.5. The quantitative estimate of drug-likeness (QED) is 0.721. The van der Waals surface area contributed by atoms with Gasteiger partial charge in [-0.05, 0) is 31.4 Å². The molecule has 0 aliphatic carbocycles. The number of aliphatic hydroxyl groups is 1. The molecule has 0 unspecified atom stereocenters. The van der Waals surface area contributed by atoms with E-state index in [0.717, 1.165) is 25.9 Å². The summed E-state index contributed by atoms with van der Waals surface area (Å²) in [6.07, 6.45) is 8.04. The van der Waals surface area contributed by atoms with Gasteiger partial charge in [0.1, 0.15) is 6.10 Å². The first-order valence-electron chi connectivity index (χ1n) is 9.57. The number of amides is 2. The van der Waals surface area contributed by atoms with Gasteiger partial charge in [0.25, 0.3) is 0 Å². The van der Waals surface area contributed by atoms with Gasteiger partial charge in [0, 0.05) is 25.0 Å². The molecule has 0 aromatic carbocycles. The van der Waals surface area contributed by atoms with Crippen molar-refractivity contribution in [2.75, 3.05) is 19.7 Å². The van der Waals surface area contributed by atoms with Gasteiger partial charge in [0.15, 0.2) is 0 Å². The van der Waals surface area contributed by atoms with E-state index in [1.54, 1.807) is 24.4 Å². The van der Waals surface area contributed by atoms with Crippen LogP contribution in [0.3, 0.4) is 0 Å². The molecule has 7 nitrogen and oxygen atoms in total. The molecule has 2 N–H and O–H groups in total. The van der Waals surface area contributed by atoms with Crippen LogP contribution < -0.4 is 5.32 Å². The van der Waals surface area contributed by atoms with E-state index in [1.165, 1.54) is 6.42 Å². The van der Waals surface area contributed by atoms with Gasteiger partial charge in [0.2, 0.25) is 11.8 Å². The number of nitrogens with one attached hydrogen (secondary N) is 1. The highest BCUT2D eigenvalue weighted by molar-refractivity contribution is 5.79. The predicted octanol–water partition coefficient (Wildman–Crippen LogP) is 0.827. The molecule has 2 amide bonds. The largest absolute Gasteiger partial charge is 0.394 e. The summed E-state index contributed by atoms with van der Waals surface area (Å²) in [5, 5.41) is 12.5. The Morgan fingerprint density at radius 2 is 2.04 bits per heavy atom. The zero-order valence-corrected chi connectivity index (χ0v) is 15.4. The van der Waals surface area contributed by atoms with Crippen LogP contribution in [0.25, 0.3) is 0 Å².